The molecule has 0 N–H and O–H groups in total. The van der Waals surface area contributed by atoms with Gasteiger partial charge in [-0.3, -0.25) is 0 Å². The maximum atomic E-state index is 12.3. The predicted octanol–water partition coefficient (Wildman–Crippen LogP) is 1.22. The van der Waals surface area contributed by atoms with Gasteiger partial charge in [-0.25, -0.2) is 4.79 Å². The van der Waals surface area contributed by atoms with Crippen LogP contribution >= 0.6 is 0 Å². The summed E-state index contributed by atoms with van der Waals surface area (Å²) in [4.78, 5) is 18.4. The van der Waals surface area contributed by atoms with Crippen LogP contribution in [0.2, 0.25) is 0 Å². The number of carbonyl (C=O) groups excluding carboxylic acids is 1. The minimum Gasteiger partial charge on any atom is -0.378 e. The Kier molecular flexibility index (Phi) is 3.55. The Morgan fingerprint density at radius 2 is 1.68 bits per heavy atom. The highest BCUT2D eigenvalue weighted by Gasteiger charge is 2.28. The van der Waals surface area contributed by atoms with Gasteiger partial charge in [-0.05, 0) is 12.1 Å². The van der Waals surface area contributed by atoms with Crippen LogP contribution in [0.3, 0.4) is 0 Å². The molecule has 0 aromatic heterocycles. The largest absolute Gasteiger partial charge is 0.378 e. The fourth-order valence-electron chi connectivity index (χ4n) is 2.55. The first-order valence-electron chi connectivity index (χ1n) is 6.76. The van der Waals surface area contributed by atoms with Gasteiger partial charge < -0.3 is 19.4 Å². The fraction of sp³-hybridized carbons (Fsp3) is 0.500. The minimum atomic E-state index is 0.140. The van der Waals surface area contributed by atoms with Crippen molar-refractivity contribution in [2.75, 3.05) is 51.0 Å². The molecule has 0 aliphatic carbocycles. The van der Waals surface area contributed by atoms with E-state index in [9.17, 15) is 4.79 Å². The molecule has 2 amide bonds. The lowest BCUT2D eigenvalue weighted by atomic mass is 10.3. The van der Waals surface area contributed by atoms with Gasteiger partial charge in [0.2, 0.25) is 0 Å². The minimum absolute atomic E-state index is 0.140. The normalized spacial score (nSPS) is 19.9. The SMILES string of the molecule is O=C(N1CCOCC1)N1CCN(c2ccccc2)C1. The van der Waals surface area contributed by atoms with E-state index in [4.69, 9.17) is 4.74 Å². The van der Waals surface area contributed by atoms with Crippen LogP contribution in [-0.2, 0) is 4.74 Å². The number of morpholine rings is 1. The van der Waals surface area contributed by atoms with Crippen molar-refractivity contribution < 1.29 is 9.53 Å². The van der Waals surface area contributed by atoms with Crippen LogP contribution < -0.4 is 4.90 Å². The van der Waals surface area contributed by atoms with Crippen LogP contribution in [0.5, 0.6) is 0 Å². The molecule has 0 unspecified atom stereocenters. The van der Waals surface area contributed by atoms with Crippen molar-refractivity contribution in [1.82, 2.24) is 9.80 Å². The van der Waals surface area contributed by atoms with Gasteiger partial charge >= 0.3 is 6.03 Å². The number of carbonyl (C=O) groups is 1. The predicted molar refractivity (Wildman–Crippen MR) is 73.1 cm³/mol. The molecule has 0 radical (unpaired) electrons. The number of para-hydroxylation sites is 1. The van der Waals surface area contributed by atoms with Gasteiger partial charge in [0.25, 0.3) is 0 Å². The van der Waals surface area contributed by atoms with E-state index >= 15 is 0 Å². The highest BCUT2D eigenvalue weighted by molar-refractivity contribution is 5.75. The van der Waals surface area contributed by atoms with Crippen LogP contribution in [0.15, 0.2) is 30.3 Å². The molecule has 5 nitrogen and oxygen atoms in total. The first kappa shape index (κ1) is 12.3. The van der Waals surface area contributed by atoms with Crippen molar-refractivity contribution in [3.8, 4) is 0 Å². The number of rotatable bonds is 1. The molecular formula is C14H19N3O2. The van der Waals surface area contributed by atoms with E-state index in [1.165, 1.54) is 5.69 Å². The number of benzene rings is 1. The van der Waals surface area contributed by atoms with Crippen molar-refractivity contribution >= 4 is 11.7 Å². The third-order valence-corrected chi connectivity index (χ3v) is 3.65. The number of nitrogens with zero attached hydrogens (tertiary/aromatic N) is 3. The summed E-state index contributed by atoms with van der Waals surface area (Å²) < 4.78 is 5.28. The van der Waals surface area contributed by atoms with Crippen molar-refractivity contribution in [2.24, 2.45) is 0 Å². The van der Waals surface area contributed by atoms with Gasteiger partial charge in [-0.15, -0.1) is 0 Å². The summed E-state index contributed by atoms with van der Waals surface area (Å²) in [5.41, 5.74) is 1.18. The Balaban J connectivity index is 1.61. The Hall–Kier alpha value is -1.75. The maximum Gasteiger partial charge on any atom is 0.321 e. The van der Waals surface area contributed by atoms with Crippen LogP contribution in [0.1, 0.15) is 0 Å². The fourth-order valence-corrected chi connectivity index (χ4v) is 2.55. The van der Waals surface area contributed by atoms with E-state index in [0.29, 0.717) is 33.0 Å². The van der Waals surface area contributed by atoms with Crippen molar-refractivity contribution in [3.05, 3.63) is 30.3 Å². The zero-order valence-electron chi connectivity index (χ0n) is 11.0. The molecule has 0 saturated carbocycles. The summed E-state index contributed by atoms with van der Waals surface area (Å²) in [6.07, 6.45) is 0. The topological polar surface area (TPSA) is 36.0 Å². The second-order valence-electron chi connectivity index (χ2n) is 4.89. The highest BCUT2D eigenvalue weighted by atomic mass is 16.5. The molecule has 2 aliphatic heterocycles. The zero-order valence-corrected chi connectivity index (χ0v) is 11.0. The van der Waals surface area contributed by atoms with Gasteiger partial charge in [0.1, 0.15) is 0 Å². The summed E-state index contributed by atoms with van der Waals surface area (Å²) >= 11 is 0. The number of amides is 2. The first-order valence-corrected chi connectivity index (χ1v) is 6.76. The highest BCUT2D eigenvalue weighted by Crippen LogP contribution is 2.18. The average molecular weight is 261 g/mol. The summed E-state index contributed by atoms with van der Waals surface area (Å²) in [5, 5.41) is 0. The number of ether oxygens (including phenoxy) is 1. The molecule has 0 atom stereocenters. The summed E-state index contributed by atoms with van der Waals surface area (Å²) in [6, 6.07) is 10.4. The monoisotopic (exact) mass is 261 g/mol. The van der Waals surface area contributed by atoms with Crippen molar-refractivity contribution in [1.29, 1.82) is 0 Å². The molecular weight excluding hydrogens is 242 g/mol. The van der Waals surface area contributed by atoms with E-state index in [0.717, 1.165) is 13.1 Å². The Morgan fingerprint density at radius 1 is 0.947 bits per heavy atom. The molecule has 2 heterocycles. The smallest absolute Gasteiger partial charge is 0.321 e. The zero-order chi connectivity index (χ0) is 13.1. The number of urea groups is 1. The molecule has 1 aromatic carbocycles. The summed E-state index contributed by atoms with van der Waals surface area (Å²) in [6.45, 7) is 5.11. The molecule has 0 spiro atoms. The molecule has 102 valence electrons. The molecule has 2 aliphatic rings. The van der Waals surface area contributed by atoms with Gasteiger partial charge in [-0.1, -0.05) is 18.2 Å². The van der Waals surface area contributed by atoms with E-state index in [-0.39, 0.29) is 6.03 Å². The molecule has 2 saturated heterocycles. The second kappa shape index (κ2) is 5.48. The van der Waals surface area contributed by atoms with Gasteiger partial charge in [-0.2, -0.15) is 0 Å². The lowest BCUT2D eigenvalue weighted by Gasteiger charge is -2.31. The average Bonchev–Trinajstić information content (AvgIpc) is 2.98. The lowest BCUT2D eigenvalue weighted by Crippen LogP contribution is -2.47. The van der Waals surface area contributed by atoms with Gasteiger partial charge in [0, 0.05) is 31.9 Å². The quantitative estimate of drug-likeness (QED) is 0.762. The number of hydrogen-bond donors (Lipinski definition) is 0. The van der Waals surface area contributed by atoms with Crippen molar-refractivity contribution in [3.63, 3.8) is 0 Å². The summed E-state index contributed by atoms with van der Waals surface area (Å²) in [5.74, 6) is 0. The van der Waals surface area contributed by atoms with E-state index in [2.05, 4.69) is 17.0 Å². The maximum absolute atomic E-state index is 12.3. The standard InChI is InChI=1S/C14H19N3O2/c18-14(15-8-10-19-11-9-15)17-7-6-16(12-17)13-4-2-1-3-5-13/h1-5H,6-12H2. The van der Waals surface area contributed by atoms with Crippen LogP contribution in [0.4, 0.5) is 10.5 Å². The second-order valence-corrected chi connectivity index (χ2v) is 4.89. The van der Waals surface area contributed by atoms with E-state index in [1.54, 1.807) is 0 Å². The number of hydrogen-bond acceptors (Lipinski definition) is 3. The molecule has 3 rings (SSSR count). The van der Waals surface area contributed by atoms with E-state index < -0.39 is 0 Å². The molecule has 1 aromatic rings. The molecule has 0 bridgehead atoms. The Morgan fingerprint density at radius 3 is 2.42 bits per heavy atom. The summed E-state index contributed by atoms with van der Waals surface area (Å²) in [7, 11) is 0. The van der Waals surface area contributed by atoms with Gasteiger partial charge in [0.15, 0.2) is 0 Å². The number of anilines is 1. The molecule has 5 heteroatoms. The first-order chi connectivity index (χ1) is 9.34. The van der Waals surface area contributed by atoms with Crippen LogP contribution in [0.25, 0.3) is 0 Å². The molecule has 19 heavy (non-hydrogen) atoms. The van der Waals surface area contributed by atoms with Crippen LogP contribution in [-0.4, -0.2) is 61.9 Å². The third-order valence-electron chi connectivity index (χ3n) is 3.65. The molecule has 2 fully saturated rings. The Labute approximate surface area is 113 Å². The van der Waals surface area contributed by atoms with Crippen molar-refractivity contribution in [2.45, 2.75) is 0 Å². The van der Waals surface area contributed by atoms with Crippen LogP contribution in [0, 0.1) is 0 Å². The third kappa shape index (κ3) is 2.66. The Bertz CT molecular complexity index is 432. The lowest BCUT2D eigenvalue weighted by molar-refractivity contribution is 0.0452. The van der Waals surface area contributed by atoms with E-state index in [1.807, 2.05) is 28.0 Å². The van der Waals surface area contributed by atoms with Gasteiger partial charge in [0.05, 0.1) is 19.9 Å².